The fourth-order valence-corrected chi connectivity index (χ4v) is 1.95. The summed E-state index contributed by atoms with van der Waals surface area (Å²) in [5.74, 6) is -1.45. The zero-order valence-electron chi connectivity index (χ0n) is 12.4. The fraction of sp³-hybridized carbons (Fsp3) is 0.176. The minimum Gasteiger partial charge on any atom is -0.492 e. The average Bonchev–Trinajstić information content (AvgIpc) is 2.51. The summed E-state index contributed by atoms with van der Waals surface area (Å²) in [7, 11) is 0. The van der Waals surface area contributed by atoms with E-state index in [1.54, 1.807) is 24.3 Å². The average molecular weight is 301 g/mol. The third-order valence-electron chi connectivity index (χ3n) is 3.06. The van der Waals surface area contributed by atoms with Gasteiger partial charge in [-0.3, -0.25) is 9.59 Å². The number of nitrogens with one attached hydrogen (secondary N) is 1. The maximum absolute atomic E-state index is 13.2. The molecule has 0 aliphatic carbocycles. The first-order valence-corrected chi connectivity index (χ1v) is 6.86. The van der Waals surface area contributed by atoms with Gasteiger partial charge < -0.3 is 10.1 Å². The van der Waals surface area contributed by atoms with Crippen LogP contribution in [-0.4, -0.2) is 18.3 Å². The molecule has 22 heavy (non-hydrogen) atoms. The number of ketones is 1. The molecule has 0 aliphatic heterocycles. The van der Waals surface area contributed by atoms with Crippen molar-refractivity contribution in [2.45, 2.75) is 13.8 Å². The van der Waals surface area contributed by atoms with Crippen LogP contribution in [0.1, 0.15) is 22.8 Å². The Bertz CT molecular complexity index is 713. The number of aryl methyl sites for hydroxylation is 1. The summed E-state index contributed by atoms with van der Waals surface area (Å²) < 4.78 is 18.6. The van der Waals surface area contributed by atoms with Crippen LogP contribution in [0.3, 0.4) is 0 Å². The molecular weight excluding hydrogens is 285 g/mol. The highest BCUT2D eigenvalue weighted by Gasteiger charge is 2.18. The van der Waals surface area contributed by atoms with E-state index < -0.39 is 17.5 Å². The standard InChI is InChI=1S/C17H16FNO3/c1-3-22-15-7-5-4-6-14(15)19-17(21)16(20)12-8-9-13(18)11(2)10-12/h4-10H,3H2,1-2H3,(H,19,21). The van der Waals surface area contributed by atoms with Crippen LogP contribution in [0.2, 0.25) is 0 Å². The quantitative estimate of drug-likeness (QED) is 0.680. The number of rotatable bonds is 5. The summed E-state index contributed by atoms with van der Waals surface area (Å²) in [6, 6.07) is 10.7. The van der Waals surface area contributed by atoms with Crippen molar-refractivity contribution < 1.29 is 18.7 Å². The molecule has 1 N–H and O–H groups in total. The molecule has 2 aromatic rings. The number of carbonyl (C=O) groups excluding carboxylic acids is 2. The van der Waals surface area contributed by atoms with E-state index in [2.05, 4.69) is 5.32 Å². The lowest BCUT2D eigenvalue weighted by Crippen LogP contribution is -2.23. The van der Waals surface area contributed by atoms with Crippen LogP contribution in [-0.2, 0) is 4.79 Å². The van der Waals surface area contributed by atoms with Crippen molar-refractivity contribution in [2.75, 3.05) is 11.9 Å². The van der Waals surface area contributed by atoms with Gasteiger partial charge >= 0.3 is 0 Å². The molecule has 2 aromatic carbocycles. The van der Waals surface area contributed by atoms with Crippen LogP contribution in [0, 0.1) is 12.7 Å². The van der Waals surface area contributed by atoms with E-state index in [0.717, 1.165) is 0 Å². The van der Waals surface area contributed by atoms with Crippen molar-refractivity contribution in [3.63, 3.8) is 0 Å². The SMILES string of the molecule is CCOc1ccccc1NC(=O)C(=O)c1ccc(F)c(C)c1. The van der Waals surface area contributed by atoms with Gasteiger partial charge in [-0.2, -0.15) is 0 Å². The van der Waals surface area contributed by atoms with Crippen LogP contribution in [0.15, 0.2) is 42.5 Å². The van der Waals surface area contributed by atoms with E-state index in [-0.39, 0.29) is 5.56 Å². The highest BCUT2D eigenvalue weighted by molar-refractivity contribution is 6.46. The first-order chi connectivity index (χ1) is 10.5. The second-order valence-corrected chi connectivity index (χ2v) is 4.68. The molecule has 4 nitrogen and oxygen atoms in total. The molecule has 0 unspecified atom stereocenters. The molecule has 0 spiro atoms. The van der Waals surface area contributed by atoms with Crippen molar-refractivity contribution in [1.29, 1.82) is 0 Å². The first kappa shape index (κ1) is 15.7. The second-order valence-electron chi connectivity index (χ2n) is 4.68. The van der Waals surface area contributed by atoms with Gasteiger partial charge in [0.2, 0.25) is 0 Å². The molecule has 2 rings (SSSR count). The number of para-hydroxylation sites is 2. The molecular formula is C17H16FNO3. The smallest absolute Gasteiger partial charge is 0.296 e. The number of carbonyl (C=O) groups is 2. The molecule has 0 atom stereocenters. The molecule has 114 valence electrons. The molecule has 0 radical (unpaired) electrons. The van der Waals surface area contributed by atoms with Crippen LogP contribution in [0.25, 0.3) is 0 Å². The van der Waals surface area contributed by atoms with Crippen LogP contribution >= 0.6 is 0 Å². The summed E-state index contributed by atoms with van der Waals surface area (Å²) in [5, 5.41) is 2.52. The monoisotopic (exact) mass is 301 g/mol. The van der Waals surface area contributed by atoms with E-state index in [1.807, 2.05) is 6.92 Å². The van der Waals surface area contributed by atoms with Crippen molar-refractivity contribution in [3.05, 3.63) is 59.4 Å². The molecule has 0 aromatic heterocycles. The maximum atomic E-state index is 13.2. The third-order valence-corrected chi connectivity index (χ3v) is 3.06. The Hall–Kier alpha value is -2.69. The number of anilines is 1. The first-order valence-electron chi connectivity index (χ1n) is 6.86. The summed E-state index contributed by atoms with van der Waals surface area (Å²) in [5.41, 5.74) is 0.875. The number of ether oxygens (including phenoxy) is 1. The van der Waals surface area contributed by atoms with Gasteiger partial charge in [-0.15, -0.1) is 0 Å². The zero-order chi connectivity index (χ0) is 16.1. The molecule has 5 heteroatoms. The summed E-state index contributed by atoms with van der Waals surface area (Å²) >= 11 is 0. The van der Waals surface area contributed by atoms with Crippen molar-refractivity contribution in [3.8, 4) is 5.75 Å². The van der Waals surface area contributed by atoms with Gasteiger partial charge in [0.1, 0.15) is 11.6 Å². The number of amides is 1. The van der Waals surface area contributed by atoms with Gasteiger partial charge in [0.05, 0.1) is 12.3 Å². The highest BCUT2D eigenvalue weighted by atomic mass is 19.1. The van der Waals surface area contributed by atoms with Gasteiger partial charge in [-0.25, -0.2) is 4.39 Å². The van der Waals surface area contributed by atoms with Gasteiger partial charge in [0, 0.05) is 5.56 Å². The van der Waals surface area contributed by atoms with E-state index in [9.17, 15) is 14.0 Å². The Morgan fingerprint density at radius 2 is 1.91 bits per heavy atom. The topological polar surface area (TPSA) is 55.4 Å². The summed E-state index contributed by atoms with van der Waals surface area (Å²) in [6.45, 7) is 3.80. The van der Waals surface area contributed by atoms with Crippen molar-refractivity contribution in [2.24, 2.45) is 0 Å². The molecule has 0 saturated carbocycles. The molecule has 0 aliphatic rings. The normalized spacial score (nSPS) is 10.1. The molecule has 0 saturated heterocycles. The Morgan fingerprint density at radius 1 is 1.18 bits per heavy atom. The number of halogens is 1. The third kappa shape index (κ3) is 3.49. The number of hydrogen-bond donors (Lipinski definition) is 1. The van der Waals surface area contributed by atoms with Gasteiger partial charge in [0.25, 0.3) is 11.7 Å². The number of hydrogen-bond acceptors (Lipinski definition) is 3. The predicted octanol–water partition coefficient (Wildman–Crippen LogP) is 3.35. The Labute approximate surface area is 127 Å². The number of Topliss-reactive ketones (excluding diaryl/α,β-unsaturated/α-hetero) is 1. The Kier molecular flexibility index (Phi) is 4.88. The van der Waals surface area contributed by atoms with Crippen LogP contribution in [0.4, 0.5) is 10.1 Å². The van der Waals surface area contributed by atoms with E-state index in [1.165, 1.54) is 25.1 Å². The van der Waals surface area contributed by atoms with E-state index >= 15 is 0 Å². The van der Waals surface area contributed by atoms with Gasteiger partial charge in [0.15, 0.2) is 0 Å². The van der Waals surface area contributed by atoms with Gasteiger partial charge in [-0.1, -0.05) is 12.1 Å². The Morgan fingerprint density at radius 3 is 2.59 bits per heavy atom. The summed E-state index contributed by atoms with van der Waals surface area (Å²) in [6.07, 6.45) is 0. The van der Waals surface area contributed by atoms with Crippen molar-refractivity contribution >= 4 is 17.4 Å². The zero-order valence-corrected chi connectivity index (χ0v) is 12.4. The van der Waals surface area contributed by atoms with E-state index in [4.69, 9.17) is 4.74 Å². The highest BCUT2D eigenvalue weighted by Crippen LogP contribution is 2.23. The van der Waals surface area contributed by atoms with Gasteiger partial charge in [-0.05, 0) is 49.7 Å². The summed E-state index contributed by atoms with van der Waals surface area (Å²) in [4.78, 5) is 24.2. The molecule has 0 fully saturated rings. The Balaban J connectivity index is 2.18. The predicted molar refractivity (Wildman–Crippen MR) is 81.7 cm³/mol. The van der Waals surface area contributed by atoms with Crippen LogP contribution in [0.5, 0.6) is 5.75 Å². The minimum absolute atomic E-state index is 0.144. The molecule has 1 amide bonds. The van der Waals surface area contributed by atoms with Crippen molar-refractivity contribution in [1.82, 2.24) is 0 Å². The largest absolute Gasteiger partial charge is 0.492 e. The molecule has 0 bridgehead atoms. The second kappa shape index (κ2) is 6.85. The fourth-order valence-electron chi connectivity index (χ4n) is 1.95. The van der Waals surface area contributed by atoms with E-state index in [0.29, 0.717) is 23.6 Å². The lowest BCUT2D eigenvalue weighted by molar-refractivity contribution is -0.112. The maximum Gasteiger partial charge on any atom is 0.296 e. The lowest BCUT2D eigenvalue weighted by Gasteiger charge is -2.10. The molecule has 0 heterocycles. The number of benzene rings is 2. The van der Waals surface area contributed by atoms with Crippen LogP contribution < -0.4 is 10.1 Å². The minimum atomic E-state index is -0.793. The lowest BCUT2D eigenvalue weighted by atomic mass is 10.1.